The van der Waals surface area contributed by atoms with Crippen molar-refractivity contribution in [2.45, 2.75) is 0 Å². The Labute approximate surface area is 87.3 Å². The van der Waals surface area contributed by atoms with Crippen LogP contribution in [0, 0.1) is 0 Å². The number of hydrogen-bond acceptors (Lipinski definition) is 4. The highest BCUT2D eigenvalue weighted by Gasteiger charge is 2.03. The summed E-state index contributed by atoms with van der Waals surface area (Å²) >= 11 is 5.67. The Bertz CT molecular complexity index is 427. The van der Waals surface area contributed by atoms with Crippen molar-refractivity contribution in [2.24, 2.45) is 5.16 Å². The van der Waals surface area contributed by atoms with Crippen LogP contribution in [0.4, 0.5) is 0 Å². The third-order valence-electron chi connectivity index (χ3n) is 1.26. The Morgan fingerprint density at radius 3 is 2.43 bits per heavy atom. The largest absolute Gasteiger partial charge is 0.325 e. The van der Waals surface area contributed by atoms with E-state index in [0.29, 0.717) is 5.56 Å². The van der Waals surface area contributed by atoms with Crippen LogP contribution in [0.5, 0.6) is 0 Å². The smallest absolute Gasteiger partial charge is 0.267 e. The molecule has 6 heteroatoms. The molecule has 1 aromatic rings. The average Bonchev–Trinajstić information content (AvgIpc) is 2.14. The molecule has 0 amide bonds. The average molecular weight is 234 g/mol. The molecule has 0 radical (unpaired) electrons. The first-order valence-corrected chi connectivity index (χ1v) is 5.86. The summed E-state index contributed by atoms with van der Waals surface area (Å²) in [5, 5.41) is 3.26. The Morgan fingerprint density at radius 2 is 1.93 bits per heavy atom. The zero-order valence-corrected chi connectivity index (χ0v) is 8.92. The molecule has 0 fully saturated rings. The van der Waals surface area contributed by atoms with E-state index in [1.165, 1.54) is 0 Å². The summed E-state index contributed by atoms with van der Waals surface area (Å²) < 4.78 is 25.3. The fourth-order valence-corrected chi connectivity index (χ4v) is 1.14. The highest BCUT2D eigenvalue weighted by Crippen LogP contribution is 2.05. The predicted octanol–water partition coefficient (Wildman–Crippen LogP) is 1.56. The van der Waals surface area contributed by atoms with Crippen molar-refractivity contribution in [1.29, 1.82) is 0 Å². The van der Waals surface area contributed by atoms with Gasteiger partial charge in [-0.1, -0.05) is 47.1 Å². The lowest BCUT2D eigenvalue weighted by Crippen LogP contribution is -2.00. The molecule has 0 aliphatic heterocycles. The zero-order valence-electron chi connectivity index (χ0n) is 7.34. The molecule has 0 N–H and O–H groups in total. The van der Waals surface area contributed by atoms with Gasteiger partial charge in [-0.3, -0.25) is 4.28 Å². The van der Waals surface area contributed by atoms with Crippen LogP contribution in [0.15, 0.2) is 35.5 Å². The Balaban J connectivity index is 2.81. The van der Waals surface area contributed by atoms with E-state index in [9.17, 15) is 8.42 Å². The van der Waals surface area contributed by atoms with Crippen LogP contribution >= 0.6 is 11.6 Å². The number of hydrogen-bond donors (Lipinski definition) is 0. The molecule has 0 saturated carbocycles. The number of halogens is 1. The molecule has 0 unspecified atom stereocenters. The second kappa shape index (κ2) is 4.43. The van der Waals surface area contributed by atoms with Crippen LogP contribution < -0.4 is 0 Å². The first-order chi connectivity index (χ1) is 6.49. The van der Waals surface area contributed by atoms with Crippen molar-refractivity contribution in [3.05, 3.63) is 35.9 Å². The van der Waals surface area contributed by atoms with E-state index in [1.807, 2.05) is 6.07 Å². The molecule has 76 valence electrons. The monoisotopic (exact) mass is 233 g/mol. The number of nitrogens with zero attached hydrogens (tertiary/aromatic N) is 1. The van der Waals surface area contributed by atoms with E-state index in [1.54, 1.807) is 24.3 Å². The predicted molar refractivity (Wildman–Crippen MR) is 54.8 cm³/mol. The molecule has 1 aromatic carbocycles. The van der Waals surface area contributed by atoms with Gasteiger partial charge in [-0.25, -0.2) is 0 Å². The summed E-state index contributed by atoms with van der Waals surface area (Å²) in [5.41, 5.74) is 0.595. The van der Waals surface area contributed by atoms with Crippen LogP contribution in [0.1, 0.15) is 5.56 Å². The molecule has 1 rings (SSSR count). The SMILES string of the molecule is CS(=O)(=O)O/N=C(\Cl)c1ccccc1. The minimum Gasteiger partial charge on any atom is -0.267 e. The lowest BCUT2D eigenvalue weighted by atomic mass is 10.2. The molecule has 4 nitrogen and oxygen atoms in total. The van der Waals surface area contributed by atoms with Crippen LogP contribution in [-0.4, -0.2) is 19.8 Å². The van der Waals surface area contributed by atoms with Crippen molar-refractivity contribution < 1.29 is 12.7 Å². The Kier molecular flexibility index (Phi) is 3.49. The summed E-state index contributed by atoms with van der Waals surface area (Å²) in [6.07, 6.45) is 0.895. The number of rotatable bonds is 3. The zero-order chi connectivity index (χ0) is 10.6. The second-order valence-electron chi connectivity index (χ2n) is 2.53. The third kappa shape index (κ3) is 3.76. The maximum atomic E-state index is 10.6. The standard InChI is InChI=1S/C8H8ClNO3S/c1-14(11,12)13-10-8(9)7-5-3-2-4-6-7/h2-6H,1H3/b10-8-. The van der Waals surface area contributed by atoms with Crippen LogP contribution in [0.3, 0.4) is 0 Å². The van der Waals surface area contributed by atoms with E-state index >= 15 is 0 Å². The van der Waals surface area contributed by atoms with Crippen molar-refractivity contribution in [1.82, 2.24) is 0 Å². The van der Waals surface area contributed by atoms with E-state index in [0.717, 1.165) is 6.26 Å². The maximum absolute atomic E-state index is 10.6. The quantitative estimate of drug-likeness (QED) is 0.588. The van der Waals surface area contributed by atoms with E-state index in [-0.39, 0.29) is 5.17 Å². The van der Waals surface area contributed by atoms with Crippen molar-refractivity contribution in [2.75, 3.05) is 6.26 Å². The number of oxime groups is 1. The van der Waals surface area contributed by atoms with Gasteiger partial charge in [-0.05, 0) is 0 Å². The highest BCUT2D eigenvalue weighted by molar-refractivity contribution is 7.85. The van der Waals surface area contributed by atoms with E-state index in [4.69, 9.17) is 11.6 Å². The molecule has 0 bridgehead atoms. The van der Waals surface area contributed by atoms with Gasteiger partial charge < -0.3 is 0 Å². The first-order valence-electron chi connectivity index (χ1n) is 3.66. The van der Waals surface area contributed by atoms with Gasteiger partial charge in [0.05, 0.1) is 6.26 Å². The fourth-order valence-electron chi connectivity index (χ4n) is 0.729. The minimum atomic E-state index is -3.60. The Hall–Kier alpha value is -1.07. The molecule has 0 atom stereocenters. The summed E-state index contributed by atoms with van der Waals surface area (Å²) in [7, 11) is -3.60. The van der Waals surface area contributed by atoms with E-state index in [2.05, 4.69) is 9.44 Å². The summed E-state index contributed by atoms with van der Waals surface area (Å²) in [6, 6.07) is 8.71. The molecule has 0 aliphatic carbocycles. The molecule has 0 aliphatic rings. The normalized spacial score (nSPS) is 12.6. The summed E-state index contributed by atoms with van der Waals surface area (Å²) in [6.45, 7) is 0. The van der Waals surface area contributed by atoms with Gasteiger partial charge in [-0.2, -0.15) is 8.42 Å². The molecular weight excluding hydrogens is 226 g/mol. The summed E-state index contributed by atoms with van der Waals surface area (Å²) in [4.78, 5) is 0. The van der Waals surface area contributed by atoms with Crippen molar-refractivity contribution in [3.8, 4) is 0 Å². The molecule has 0 heterocycles. The maximum Gasteiger partial charge on any atom is 0.325 e. The second-order valence-corrected chi connectivity index (χ2v) is 4.44. The molecule has 14 heavy (non-hydrogen) atoms. The molecule has 0 spiro atoms. The highest BCUT2D eigenvalue weighted by atomic mass is 35.5. The summed E-state index contributed by atoms with van der Waals surface area (Å²) in [5.74, 6) is 0. The van der Waals surface area contributed by atoms with Gasteiger partial charge in [0.1, 0.15) is 0 Å². The van der Waals surface area contributed by atoms with Gasteiger partial charge in [-0.15, -0.1) is 0 Å². The lowest BCUT2D eigenvalue weighted by Gasteiger charge is -1.97. The minimum absolute atomic E-state index is 0.00368. The van der Waals surface area contributed by atoms with Gasteiger partial charge in [0.25, 0.3) is 0 Å². The van der Waals surface area contributed by atoms with Gasteiger partial charge in [0.15, 0.2) is 5.17 Å². The molecule has 0 aromatic heterocycles. The first kappa shape index (κ1) is 11.0. The van der Waals surface area contributed by atoms with Gasteiger partial charge >= 0.3 is 10.1 Å². The topological polar surface area (TPSA) is 55.7 Å². The van der Waals surface area contributed by atoms with Crippen LogP contribution in [0.25, 0.3) is 0 Å². The molecule has 0 saturated heterocycles. The van der Waals surface area contributed by atoms with Gasteiger partial charge in [0.2, 0.25) is 0 Å². The lowest BCUT2D eigenvalue weighted by molar-refractivity contribution is 0.344. The fraction of sp³-hybridized carbons (Fsp3) is 0.125. The number of benzene rings is 1. The third-order valence-corrected chi connectivity index (χ3v) is 1.90. The van der Waals surface area contributed by atoms with Crippen LogP contribution in [-0.2, 0) is 14.4 Å². The Morgan fingerprint density at radius 1 is 1.36 bits per heavy atom. The molecular formula is C8H8ClNO3S. The van der Waals surface area contributed by atoms with E-state index < -0.39 is 10.1 Å². The van der Waals surface area contributed by atoms with Crippen molar-refractivity contribution in [3.63, 3.8) is 0 Å². The van der Waals surface area contributed by atoms with Gasteiger partial charge in [0, 0.05) is 5.56 Å². The van der Waals surface area contributed by atoms with Crippen LogP contribution in [0.2, 0.25) is 0 Å². The van der Waals surface area contributed by atoms with Crippen molar-refractivity contribution >= 4 is 26.9 Å².